The van der Waals surface area contributed by atoms with Crippen molar-refractivity contribution in [1.82, 2.24) is 0 Å². The van der Waals surface area contributed by atoms with Crippen LogP contribution in [0.15, 0.2) is 0 Å². The van der Waals surface area contributed by atoms with E-state index < -0.39 is 68.4 Å². The fourth-order valence-corrected chi connectivity index (χ4v) is 520. The van der Waals surface area contributed by atoms with Crippen LogP contribution < -0.4 is 0 Å². The Morgan fingerprint density at radius 1 is 0.235 bits per heavy atom. The molecular formula is C22H66Se2Si10. The van der Waals surface area contributed by atoms with E-state index in [-0.39, 0.29) is 0 Å². The minimum absolute atomic E-state index is 1.02. The molecule has 0 atom stereocenters. The summed E-state index contributed by atoms with van der Waals surface area (Å²) in [5.74, 6) is 0. The first-order chi connectivity index (χ1) is 14.2. The summed E-state index contributed by atoms with van der Waals surface area (Å²) in [6.45, 7) is 63.4. The van der Waals surface area contributed by atoms with Crippen molar-refractivity contribution in [1.29, 1.82) is 0 Å². The van der Waals surface area contributed by atoms with Crippen molar-refractivity contribution in [3.63, 3.8) is 0 Å². The second-order valence-electron chi connectivity index (χ2n) is 18.1. The summed E-state index contributed by atoms with van der Waals surface area (Å²) >= 11 is 2.05. The van der Waals surface area contributed by atoms with Crippen molar-refractivity contribution in [2.24, 2.45) is 0 Å². The van der Waals surface area contributed by atoms with Crippen LogP contribution in [0.4, 0.5) is 0 Å². The molecule has 0 aromatic rings. The summed E-state index contributed by atoms with van der Waals surface area (Å²) in [5, 5.41) is -2.45. The quantitative estimate of drug-likeness (QED) is 0.186. The third kappa shape index (κ3) is 6.74. The van der Waals surface area contributed by atoms with E-state index in [9.17, 15) is 0 Å². The van der Waals surface area contributed by atoms with Crippen LogP contribution in [0.25, 0.3) is 0 Å². The summed E-state index contributed by atoms with van der Waals surface area (Å²) in [6.07, 6.45) is -2.49. The molecule has 0 aliphatic heterocycles. The molecule has 12 heteroatoms. The molecule has 0 N–H and O–H groups in total. The van der Waals surface area contributed by atoms with Crippen LogP contribution in [0.3, 0.4) is 0 Å². The Hall–Kier alpha value is 3.21. The van der Waals surface area contributed by atoms with Crippen molar-refractivity contribution in [3.8, 4) is 0 Å². The average molecular weight is 770 g/mol. The molecule has 0 bridgehead atoms. The third-order valence-corrected chi connectivity index (χ3v) is 322. The van der Waals surface area contributed by atoms with Gasteiger partial charge in [0.05, 0.1) is 0 Å². The van der Waals surface area contributed by atoms with Gasteiger partial charge >= 0.3 is 240 Å². The normalized spacial score (nSPS) is 16.8. The van der Waals surface area contributed by atoms with Crippen molar-refractivity contribution in [2.75, 3.05) is 0 Å². The Labute approximate surface area is 237 Å². The third-order valence-electron chi connectivity index (χ3n) is 8.60. The van der Waals surface area contributed by atoms with Crippen LogP contribution in [0.2, 0.25) is 144 Å². The molecule has 0 spiro atoms. The Morgan fingerprint density at radius 3 is 0.441 bits per heavy atom. The molecule has 0 aliphatic carbocycles. The van der Waals surface area contributed by atoms with E-state index in [1.807, 2.05) is 0 Å². The zero-order chi connectivity index (χ0) is 28.4. The predicted molar refractivity (Wildman–Crippen MR) is 198 cm³/mol. The van der Waals surface area contributed by atoms with E-state index in [0.29, 0.717) is 0 Å². The van der Waals surface area contributed by atoms with Gasteiger partial charge in [-0.1, -0.05) is 0 Å². The molecule has 0 aromatic carbocycles. The SMILES string of the molecule is C[Si](C)(C)[Si]([Se][Si](C)(C)[Si](C)(C)[Se][Si]([Si](C)(C)C)([Si](C)(C)C)[Si](C)(C)C)([Si](C)(C)C)[Si](C)(C)C. The van der Waals surface area contributed by atoms with Crippen LogP contribution in [0.5, 0.6) is 0 Å². The van der Waals surface area contributed by atoms with E-state index >= 15 is 0 Å². The van der Waals surface area contributed by atoms with Crippen LogP contribution >= 0.6 is 0 Å². The van der Waals surface area contributed by atoms with Gasteiger partial charge < -0.3 is 0 Å². The Bertz CT molecular complexity index is 575. The summed E-state index contributed by atoms with van der Waals surface area (Å²) in [4.78, 5) is 0. The molecule has 0 fully saturated rings. The molecule has 206 valence electrons. The summed E-state index contributed by atoms with van der Waals surface area (Å²) in [6, 6.07) is 0. The fourth-order valence-electron chi connectivity index (χ4n) is 8.68. The Balaban J connectivity index is 7.18. The molecule has 0 unspecified atom stereocenters. The van der Waals surface area contributed by atoms with Crippen molar-refractivity contribution in [3.05, 3.63) is 0 Å². The standard InChI is InChI=1S/C22H66Se2Si10/c1-25(2,3)33(26(4,5)6,27(7,8)9)23-31(19,20)32(21,22)24-34(28(10,11)12,29(13,14)15)30(16,17)18/h1-22H3. The van der Waals surface area contributed by atoms with Gasteiger partial charge in [0.25, 0.3) is 0 Å². The van der Waals surface area contributed by atoms with E-state index in [1.54, 1.807) is 0 Å². The van der Waals surface area contributed by atoms with Crippen LogP contribution in [-0.2, 0) is 0 Å². The van der Waals surface area contributed by atoms with Crippen molar-refractivity contribution < 1.29 is 0 Å². The van der Waals surface area contributed by atoms with Gasteiger partial charge in [0.2, 0.25) is 0 Å². The van der Waals surface area contributed by atoms with Crippen molar-refractivity contribution in [2.45, 2.75) is 144 Å². The topological polar surface area (TPSA) is 0 Å². The first kappa shape index (κ1) is 37.2. The number of hydrogen-bond donors (Lipinski definition) is 0. The van der Waals surface area contributed by atoms with Crippen LogP contribution in [-0.4, -0.2) is 95.8 Å². The first-order valence-corrected chi connectivity index (χ1v) is 61.5. The Morgan fingerprint density at radius 2 is 0.353 bits per heavy atom. The maximum atomic E-state index is 3.00. The van der Waals surface area contributed by atoms with Crippen LogP contribution in [0, 0.1) is 0 Å². The summed E-state index contributed by atoms with van der Waals surface area (Å²) in [5.41, 5.74) is 0. The minimum atomic E-state index is -1.25. The van der Waals surface area contributed by atoms with E-state index in [2.05, 4.69) is 144 Å². The molecule has 0 radical (unpaired) electrons. The zero-order valence-corrected chi connectivity index (χ0v) is 41.2. The van der Waals surface area contributed by atoms with E-state index in [1.165, 1.54) is 0 Å². The Kier molecular flexibility index (Phi) is 11.6. The second-order valence-corrected chi connectivity index (χ2v) is 160. The average Bonchev–Trinajstić information content (AvgIpc) is 2.42. The van der Waals surface area contributed by atoms with Gasteiger partial charge in [-0.05, 0) is 0 Å². The monoisotopic (exact) mass is 770 g/mol. The summed E-state index contributed by atoms with van der Waals surface area (Å²) in [7, 11) is -7.04. The molecule has 0 aliphatic rings. The van der Waals surface area contributed by atoms with E-state index in [4.69, 9.17) is 0 Å². The van der Waals surface area contributed by atoms with Gasteiger partial charge in [-0.15, -0.1) is 0 Å². The predicted octanol–water partition coefficient (Wildman–Crippen LogP) is 8.27. The van der Waals surface area contributed by atoms with Gasteiger partial charge in [-0.2, -0.15) is 0 Å². The van der Waals surface area contributed by atoms with Gasteiger partial charge in [0.15, 0.2) is 0 Å². The molecule has 0 amide bonds. The first-order valence-electron chi connectivity index (χ1n) is 13.6. The van der Waals surface area contributed by atoms with E-state index in [0.717, 1.165) is 27.4 Å². The van der Waals surface area contributed by atoms with Gasteiger partial charge in [0.1, 0.15) is 0 Å². The molecule has 0 nitrogen and oxygen atoms in total. The molecular weight excluding hydrogens is 703 g/mol. The molecule has 0 rings (SSSR count). The fraction of sp³-hybridized carbons (Fsp3) is 1.00. The van der Waals surface area contributed by atoms with Gasteiger partial charge in [0, 0.05) is 0 Å². The molecule has 34 heavy (non-hydrogen) atoms. The second kappa shape index (κ2) is 10.6. The molecule has 0 aromatic heterocycles. The summed E-state index contributed by atoms with van der Waals surface area (Å²) < 4.78 is 0. The number of rotatable bonds is 11. The molecule has 0 saturated heterocycles. The number of hydrogen-bond acceptors (Lipinski definition) is 0. The van der Waals surface area contributed by atoms with Gasteiger partial charge in [-0.3, -0.25) is 0 Å². The van der Waals surface area contributed by atoms with Gasteiger partial charge in [-0.25, -0.2) is 0 Å². The van der Waals surface area contributed by atoms with Crippen LogP contribution in [0.1, 0.15) is 0 Å². The zero-order valence-electron chi connectivity index (χ0n) is 27.8. The molecule has 0 saturated carbocycles. The van der Waals surface area contributed by atoms with Crippen molar-refractivity contribution >= 4 is 95.8 Å². The maximum absolute atomic E-state index is 3.00. The molecule has 0 heterocycles.